The molecule has 0 aliphatic carbocycles. The van der Waals surface area contributed by atoms with Crippen LogP contribution in [0, 0.1) is 10.8 Å². The van der Waals surface area contributed by atoms with E-state index >= 15 is 0 Å². The van der Waals surface area contributed by atoms with Crippen LogP contribution in [-0.2, 0) is 14.3 Å². The largest absolute Gasteiger partial charge is 0.469 e. The highest BCUT2D eigenvalue weighted by atomic mass is 16.5. The molecule has 1 aliphatic rings. The molecule has 1 N–H and O–H groups in total. The van der Waals surface area contributed by atoms with E-state index in [1.54, 1.807) is 4.90 Å². The van der Waals surface area contributed by atoms with Crippen LogP contribution < -0.4 is 0 Å². The van der Waals surface area contributed by atoms with E-state index in [4.69, 9.17) is 5.41 Å². The van der Waals surface area contributed by atoms with Crippen LogP contribution in [-0.4, -0.2) is 36.3 Å². The van der Waals surface area contributed by atoms with E-state index in [0.29, 0.717) is 25.2 Å². The van der Waals surface area contributed by atoms with E-state index in [1.165, 1.54) is 7.11 Å². The number of unbranched alkanes of at least 4 members (excludes halogenated alkanes) is 4. The van der Waals surface area contributed by atoms with Crippen molar-refractivity contribution in [3.05, 3.63) is 0 Å². The maximum Gasteiger partial charge on any atom is 0.305 e. The van der Waals surface area contributed by atoms with Crippen LogP contribution in [0.4, 0.5) is 0 Å². The van der Waals surface area contributed by atoms with Crippen LogP contribution >= 0.6 is 0 Å². The van der Waals surface area contributed by atoms with Crippen LogP contribution in [0.5, 0.6) is 0 Å². The topological polar surface area (TPSA) is 70.5 Å². The molecule has 24 heavy (non-hydrogen) atoms. The van der Waals surface area contributed by atoms with Crippen LogP contribution in [0.1, 0.15) is 84.5 Å². The summed E-state index contributed by atoms with van der Waals surface area (Å²) in [6.07, 6.45) is 9.61. The molecule has 0 radical (unpaired) electrons. The number of hydrogen-bond acceptors (Lipinski definition) is 4. The van der Waals surface area contributed by atoms with Crippen molar-refractivity contribution in [1.82, 2.24) is 4.90 Å². The Morgan fingerprint density at radius 3 is 2.29 bits per heavy atom. The number of ether oxygens (including phenoxy) is 1. The minimum absolute atomic E-state index is 0.169. The molecule has 0 atom stereocenters. The van der Waals surface area contributed by atoms with Gasteiger partial charge in [0, 0.05) is 19.4 Å². The van der Waals surface area contributed by atoms with Gasteiger partial charge in [-0.2, -0.15) is 0 Å². The second-order valence-corrected chi connectivity index (χ2v) is 6.95. The highest BCUT2D eigenvalue weighted by Gasteiger charge is 2.48. The number of carbonyl (C=O) groups is 2. The number of methoxy groups -OCH3 is 1. The quantitative estimate of drug-likeness (QED) is 0.426. The SMILES string of the molecule is CCCCC1(CCCC)CC(=N)N(CCCCCC(=O)OC)C1=O. The zero-order chi connectivity index (χ0) is 18.0. The fourth-order valence-electron chi connectivity index (χ4n) is 3.50. The maximum atomic E-state index is 13.0. The first-order chi connectivity index (χ1) is 11.5. The molecular formula is C19H34N2O3. The van der Waals surface area contributed by atoms with Crippen molar-refractivity contribution in [1.29, 1.82) is 5.41 Å². The second kappa shape index (κ2) is 10.5. The Kier molecular flexibility index (Phi) is 9.01. The van der Waals surface area contributed by atoms with Gasteiger partial charge in [0.15, 0.2) is 0 Å². The molecule has 1 saturated heterocycles. The highest BCUT2D eigenvalue weighted by molar-refractivity contribution is 6.07. The van der Waals surface area contributed by atoms with Crippen molar-refractivity contribution in [2.75, 3.05) is 13.7 Å². The predicted molar refractivity (Wildman–Crippen MR) is 96.0 cm³/mol. The van der Waals surface area contributed by atoms with Crippen LogP contribution in [0.25, 0.3) is 0 Å². The van der Waals surface area contributed by atoms with Crippen molar-refractivity contribution in [2.24, 2.45) is 5.41 Å². The summed E-state index contributed by atoms with van der Waals surface area (Å²) in [6, 6.07) is 0. The average molecular weight is 338 g/mol. The summed E-state index contributed by atoms with van der Waals surface area (Å²) in [6.45, 7) is 4.91. The molecule has 1 amide bonds. The van der Waals surface area contributed by atoms with E-state index in [1.807, 2.05) is 0 Å². The second-order valence-electron chi connectivity index (χ2n) is 6.95. The molecule has 1 fully saturated rings. The first kappa shape index (κ1) is 20.7. The number of nitrogens with one attached hydrogen (secondary N) is 1. The van der Waals surface area contributed by atoms with Crippen molar-refractivity contribution < 1.29 is 14.3 Å². The Morgan fingerprint density at radius 1 is 1.12 bits per heavy atom. The summed E-state index contributed by atoms with van der Waals surface area (Å²) in [5, 5.41) is 8.27. The van der Waals surface area contributed by atoms with Gasteiger partial charge in [-0.1, -0.05) is 46.0 Å². The number of likely N-dealkylation sites (tertiary alicyclic amines) is 1. The molecule has 5 nitrogen and oxygen atoms in total. The average Bonchev–Trinajstić information content (AvgIpc) is 2.81. The molecule has 0 unspecified atom stereocenters. The van der Waals surface area contributed by atoms with E-state index < -0.39 is 0 Å². The number of rotatable bonds is 12. The molecule has 5 heteroatoms. The summed E-state index contributed by atoms with van der Waals surface area (Å²) in [5.74, 6) is 0.473. The first-order valence-corrected chi connectivity index (χ1v) is 9.47. The van der Waals surface area contributed by atoms with Gasteiger partial charge in [0.25, 0.3) is 0 Å². The smallest absolute Gasteiger partial charge is 0.305 e. The Hall–Kier alpha value is -1.39. The Labute approximate surface area is 146 Å². The molecule has 0 bridgehead atoms. The molecule has 1 heterocycles. The van der Waals surface area contributed by atoms with Crippen molar-refractivity contribution in [3.63, 3.8) is 0 Å². The van der Waals surface area contributed by atoms with E-state index in [-0.39, 0.29) is 17.3 Å². The fraction of sp³-hybridized carbons (Fsp3) is 0.842. The lowest BCUT2D eigenvalue weighted by Gasteiger charge is -2.27. The van der Waals surface area contributed by atoms with E-state index in [0.717, 1.165) is 57.8 Å². The van der Waals surface area contributed by atoms with Crippen molar-refractivity contribution in [3.8, 4) is 0 Å². The number of esters is 1. The summed E-state index contributed by atoms with van der Waals surface area (Å²) in [7, 11) is 1.40. The number of hydrogen-bond donors (Lipinski definition) is 1. The zero-order valence-corrected chi connectivity index (χ0v) is 15.7. The first-order valence-electron chi connectivity index (χ1n) is 9.47. The lowest BCUT2D eigenvalue weighted by Crippen LogP contribution is -2.36. The lowest BCUT2D eigenvalue weighted by molar-refractivity contribution is -0.141. The Morgan fingerprint density at radius 2 is 1.75 bits per heavy atom. The Balaban J connectivity index is 2.54. The third-order valence-electron chi connectivity index (χ3n) is 5.04. The van der Waals surface area contributed by atoms with Gasteiger partial charge >= 0.3 is 5.97 Å². The van der Waals surface area contributed by atoms with Crippen molar-refractivity contribution in [2.45, 2.75) is 84.5 Å². The number of nitrogens with zero attached hydrogens (tertiary/aromatic N) is 1. The van der Waals surface area contributed by atoms with Gasteiger partial charge in [0.2, 0.25) is 5.91 Å². The maximum absolute atomic E-state index is 13.0. The predicted octanol–water partition coefficient (Wildman–Crippen LogP) is 4.30. The molecule has 1 aliphatic heterocycles. The van der Waals surface area contributed by atoms with Gasteiger partial charge < -0.3 is 9.64 Å². The van der Waals surface area contributed by atoms with Crippen LogP contribution in [0.2, 0.25) is 0 Å². The fourth-order valence-corrected chi connectivity index (χ4v) is 3.50. The molecule has 138 valence electrons. The normalized spacial score (nSPS) is 16.7. The molecule has 0 saturated carbocycles. The van der Waals surface area contributed by atoms with E-state index in [9.17, 15) is 9.59 Å². The number of amides is 1. The zero-order valence-electron chi connectivity index (χ0n) is 15.7. The van der Waals surface area contributed by atoms with Gasteiger partial charge in [0.05, 0.1) is 12.5 Å². The van der Waals surface area contributed by atoms with Crippen LogP contribution in [0.3, 0.4) is 0 Å². The van der Waals surface area contributed by atoms with Gasteiger partial charge in [-0.25, -0.2) is 0 Å². The molecule has 0 spiro atoms. The Bertz CT molecular complexity index is 426. The number of amidine groups is 1. The molecular weight excluding hydrogens is 304 g/mol. The standard InChI is InChI=1S/C19H34N2O3/c1-4-6-12-19(13-7-5-2)15-16(20)21(18(19)23)14-10-8-9-11-17(22)24-3/h20H,4-15H2,1-3H3. The minimum Gasteiger partial charge on any atom is -0.469 e. The van der Waals surface area contributed by atoms with Gasteiger partial charge in [0.1, 0.15) is 5.84 Å². The van der Waals surface area contributed by atoms with E-state index in [2.05, 4.69) is 18.6 Å². The van der Waals surface area contributed by atoms with Gasteiger partial charge in [-0.05, 0) is 25.7 Å². The third kappa shape index (κ3) is 5.60. The summed E-state index contributed by atoms with van der Waals surface area (Å²) in [5.41, 5.74) is -0.324. The minimum atomic E-state index is -0.324. The van der Waals surface area contributed by atoms with Gasteiger partial charge in [-0.3, -0.25) is 15.0 Å². The molecule has 0 aromatic rings. The van der Waals surface area contributed by atoms with Crippen molar-refractivity contribution >= 4 is 17.7 Å². The highest BCUT2D eigenvalue weighted by Crippen LogP contribution is 2.42. The molecule has 1 rings (SSSR count). The monoisotopic (exact) mass is 338 g/mol. The summed E-state index contributed by atoms with van der Waals surface area (Å²) >= 11 is 0. The molecule has 0 aromatic carbocycles. The summed E-state index contributed by atoms with van der Waals surface area (Å²) < 4.78 is 4.63. The lowest BCUT2D eigenvalue weighted by atomic mass is 9.77. The number of carbonyl (C=O) groups excluding carboxylic acids is 2. The van der Waals surface area contributed by atoms with Gasteiger partial charge in [-0.15, -0.1) is 0 Å². The van der Waals surface area contributed by atoms with Crippen LogP contribution in [0.15, 0.2) is 0 Å². The third-order valence-corrected chi connectivity index (χ3v) is 5.04. The molecule has 0 aromatic heterocycles. The summed E-state index contributed by atoms with van der Waals surface area (Å²) in [4.78, 5) is 25.8.